The first kappa shape index (κ1) is 27.2. The van der Waals surface area contributed by atoms with Gasteiger partial charge in [0, 0.05) is 37.6 Å². The maximum absolute atomic E-state index is 13.2. The third-order valence-corrected chi connectivity index (χ3v) is 9.49. The molecule has 37 heavy (non-hydrogen) atoms. The predicted molar refractivity (Wildman–Crippen MR) is 139 cm³/mol. The van der Waals surface area contributed by atoms with Crippen LogP contribution in [-0.2, 0) is 45.4 Å². The van der Waals surface area contributed by atoms with E-state index in [1.807, 2.05) is 23.6 Å². The molecule has 2 aromatic rings. The lowest BCUT2D eigenvalue weighted by Gasteiger charge is -2.33. The number of piperazine rings is 1. The molecule has 10 heteroatoms. The van der Waals surface area contributed by atoms with Crippen molar-refractivity contribution in [1.82, 2.24) is 13.8 Å². The van der Waals surface area contributed by atoms with E-state index in [9.17, 15) is 23.1 Å². The van der Waals surface area contributed by atoms with E-state index in [0.717, 1.165) is 41.8 Å². The zero-order valence-electron chi connectivity index (χ0n) is 22.1. The molecule has 0 spiro atoms. The van der Waals surface area contributed by atoms with E-state index in [0.29, 0.717) is 19.5 Å². The molecule has 1 saturated heterocycles. The number of ether oxygens (including phenoxy) is 1. The van der Waals surface area contributed by atoms with Crippen LogP contribution in [0.5, 0.6) is 0 Å². The molecule has 1 N–H and O–H groups in total. The molecule has 0 unspecified atom stereocenters. The Balaban J connectivity index is 1.52. The number of carboxylic acid groups (broad SMARTS) is 1. The number of amides is 1. The Hall–Kier alpha value is -2.85. The zero-order valence-corrected chi connectivity index (χ0v) is 22.9. The summed E-state index contributed by atoms with van der Waals surface area (Å²) < 4.78 is 34.8. The van der Waals surface area contributed by atoms with E-state index in [1.54, 1.807) is 19.1 Å². The second-order valence-electron chi connectivity index (χ2n) is 10.7. The summed E-state index contributed by atoms with van der Waals surface area (Å²) in [5.41, 5.74) is 5.61. The summed E-state index contributed by atoms with van der Waals surface area (Å²) in [5, 5.41) is 9.47. The number of fused-ring (bicyclic) bond motifs is 1. The molecule has 2 aliphatic rings. The molecule has 2 heterocycles. The van der Waals surface area contributed by atoms with E-state index in [2.05, 4.69) is 13.8 Å². The fraction of sp³-hybridized carbons (Fsp3) is 0.556. The van der Waals surface area contributed by atoms with Crippen LogP contribution in [-0.4, -0.2) is 72.1 Å². The standard InChI is InChI=1S/C27H37N3O6S/c1-5-36-26(33)28-12-14-29(15-13-28)37(34,35)21-8-6-20(7-9-21)16-22-19(2)30(18-25(31)32)24-10-11-27(3,4)17-23(22)24/h6-9H,5,10-18H2,1-4H3,(H,31,32). The fourth-order valence-electron chi connectivity index (χ4n) is 5.48. The summed E-state index contributed by atoms with van der Waals surface area (Å²) in [6.45, 7) is 9.49. The van der Waals surface area contributed by atoms with Crippen LogP contribution in [0.1, 0.15) is 55.3 Å². The van der Waals surface area contributed by atoms with Gasteiger partial charge in [-0.05, 0) is 73.8 Å². The minimum absolute atomic E-state index is 0.0464. The number of hydrogen-bond acceptors (Lipinski definition) is 5. The number of carbonyl (C=O) groups is 2. The third-order valence-electron chi connectivity index (χ3n) is 7.57. The van der Waals surface area contributed by atoms with Crippen LogP contribution in [0.2, 0.25) is 0 Å². The van der Waals surface area contributed by atoms with Crippen molar-refractivity contribution in [3.05, 3.63) is 52.3 Å². The van der Waals surface area contributed by atoms with Crippen molar-refractivity contribution in [2.24, 2.45) is 5.41 Å². The van der Waals surface area contributed by atoms with Crippen molar-refractivity contribution < 1.29 is 27.9 Å². The number of sulfonamides is 1. The van der Waals surface area contributed by atoms with E-state index < -0.39 is 22.1 Å². The van der Waals surface area contributed by atoms with Crippen molar-refractivity contribution >= 4 is 22.1 Å². The molecule has 1 aromatic heterocycles. The lowest BCUT2D eigenvalue weighted by molar-refractivity contribution is -0.137. The highest BCUT2D eigenvalue weighted by atomic mass is 32.2. The lowest BCUT2D eigenvalue weighted by atomic mass is 9.75. The average Bonchev–Trinajstić information content (AvgIpc) is 3.08. The first-order chi connectivity index (χ1) is 17.4. The lowest BCUT2D eigenvalue weighted by Crippen LogP contribution is -2.50. The van der Waals surface area contributed by atoms with E-state index in [-0.39, 0.29) is 36.6 Å². The van der Waals surface area contributed by atoms with Crippen LogP contribution < -0.4 is 0 Å². The van der Waals surface area contributed by atoms with E-state index >= 15 is 0 Å². The maximum atomic E-state index is 13.2. The Morgan fingerprint density at radius 2 is 1.73 bits per heavy atom. The van der Waals surface area contributed by atoms with Gasteiger partial charge < -0.3 is 19.3 Å². The number of aromatic nitrogens is 1. The van der Waals surface area contributed by atoms with Crippen molar-refractivity contribution in [3.8, 4) is 0 Å². The Morgan fingerprint density at radius 3 is 2.32 bits per heavy atom. The third kappa shape index (κ3) is 5.70. The van der Waals surface area contributed by atoms with Gasteiger partial charge in [-0.15, -0.1) is 0 Å². The number of carbonyl (C=O) groups excluding carboxylic acids is 1. The number of rotatable bonds is 7. The van der Waals surface area contributed by atoms with Crippen molar-refractivity contribution in [3.63, 3.8) is 0 Å². The van der Waals surface area contributed by atoms with Crippen LogP contribution in [0.3, 0.4) is 0 Å². The van der Waals surface area contributed by atoms with Crippen LogP contribution in [0.15, 0.2) is 29.2 Å². The summed E-state index contributed by atoms with van der Waals surface area (Å²) in [7, 11) is -3.68. The van der Waals surface area contributed by atoms with Gasteiger partial charge in [-0.1, -0.05) is 26.0 Å². The largest absolute Gasteiger partial charge is 0.480 e. The van der Waals surface area contributed by atoms with Gasteiger partial charge in [-0.2, -0.15) is 4.31 Å². The smallest absolute Gasteiger partial charge is 0.409 e. The van der Waals surface area contributed by atoms with Crippen LogP contribution in [0, 0.1) is 12.3 Å². The van der Waals surface area contributed by atoms with Gasteiger partial charge in [0.2, 0.25) is 10.0 Å². The fourth-order valence-corrected chi connectivity index (χ4v) is 6.90. The maximum Gasteiger partial charge on any atom is 0.409 e. The molecular weight excluding hydrogens is 494 g/mol. The molecule has 9 nitrogen and oxygen atoms in total. The minimum atomic E-state index is -3.68. The molecule has 1 aliphatic carbocycles. The Morgan fingerprint density at radius 1 is 1.08 bits per heavy atom. The topological polar surface area (TPSA) is 109 Å². The summed E-state index contributed by atoms with van der Waals surface area (Å²) in [5.74, 6) is -0.852. The number of aliphatic carboxylic acids is 1. The van der Waals surface area contributed by atoms with Crippen LogP contribution in [0.25, 0.3) is 0 Å². The van der Waals surface area contributed by atoms with Crippen molar-refractivity contribution in [1.29, 1.82) is 0 Å². The molecule has 0 bridgehead atoms. The second-order valence-corrected chi connectivity index (χ2v) is 12.7. The summed E-state index contributed by atoms with van der Waals surface area (Å²) >= 11 is 0. The number of carboxylic acids is 1. The molecule has 0 radical (unpaired) electrons. The summed E-state index contributed by atoms with van der Waals surface area (Å²) in [4.78, 5) is 25.2. The Labute approximate surface area is 219 Å². The van der Waals surface area contributed by atoms with Crippen molar-refractivity contribution in [2.45, 2.75) is 64.8 Å². The Bertz CT molecular complexity index is 1270. The van der Waals surface area contributed by atoms with Gasteiger partial charge in [0.05, 0.1) is 11.5 Å². The van der Waals surface area contributed by atoms with Gasteiger partial charge in [0.15, 0.2) is 0 Å². The number of hydrogen-bond donors (Lipinski definition) is 1. The number of nitrogens with zero attached hydrogens (tertiary/aromatic N) is 3. The Kier molecular flexibility index (Phi) is 7.71. The average molecular weight is 532 g/mol. The molecular formula is C27H37N3O6S. The van der Waals surface area contributed by atoms with Crippen molar-refractivity contribution in [2.75, 3.05) is 32.8 Å². The monoisotopic (exact) mass is 531 g/mol. The second kappa shape index (κ2) is 10.5. The highest BCUT2D eigenvalue weighted by Gasteiger charge is 2.33. The number of benzene rings is 1. The normalized spacial score (nSPS) is 17.9. The first-order valence-corrected chi connectivity index (χ1v) is 14.3. The zero-order chi connectivity index (χ0) is 27.0. The van der Waals surface area contributed by atoms with Gasteiger partial charge >= 0.3 is 12.1 Å². The molecule has 0 saturated carbocycles. The van der Waals surface area contributed by atoms with Gasteiger partial charge in [-0.25, -0.2) is 13.2 Å². The first-order valence-electron chi connectivity index (χ1n) is 12.8. The molecule has 1 aromatic carbocycles. The molecule has 1 aliphatic heterocycles. The minimum Gasteiger partial charge on any atom is -0.480 e. The van der Waals surface area contributed by atoms with Crippen LogP contribution >= 0.6 is 0 Å². The molecule has 0 atom stereocenters. The van der Waals surface area contributed by atoms with Crippen LogP contribution in [0.4, 0.5) is 4.79 Å². The predicted octanol–water partition coefficient (Wildman–Crippen LogP) is 3.45. The molecule has 1 amide bonds. The highest BCUT2D eigenvalue weighted by Crippen LogP contribution is 2.39. The SMILES string of the molecule is CCOC(=O)N1CCN(S(=O)(=O)c2ccc(Cc3c4c(n(CC(=O)O)c3C)CCC(C)(C)C4)cc2)CC1. The van der Waals surface area contributed by atoms with E-state index in [4.69, 9.17) is 4.74 Å². The molecule has 1 fully saturated rings. The van der Waals surface area contributed by atoms with E-state index in [1.165, 1.54) is 14.8 Å². The summed E-state index contributed by atoms with van der Waals surface area (Å²) in [6, 6.07) is 6.97. The summed E-state index contributed by atoms with van der Waals surface area (Å²) in [6.07, 6.45) is 2.98. The highest BCUT2D eigenvalue weighted by molar-refractivity contribution is 7.89. The van der Waals surface area contributed by atoms with Gasteiger partial charge in [-0.3, -0.25) is 4.79 Å². The van der Waals surface area contributed by atoms with Gasteiger partial charge in [0.25, 0.3) is 0 Å². The quantitative estimate of drug-likeness (QED) is 0.586. The van der Waals surface area contributed by atoms with Gasteiger partial charge in [0.1, 0.15) is 6.54 Å². The molecule has 4 rings (SSSR count). The molecule has 202 valence electrons.